The van der Waals surface area contributed by atoms with Gasteiger partial charge >= 0.3 is 0 Å². The number of piperidine rings is 1. The molecule has 1 N–H and O–H groups in total. The van der Waals surface area contributed by atoms with Crippen molar-refractivity contribution in [2.75, 3.05) is 26.7 Å². The van der Waals surface area contributed by atoms with Crippen molar-refractivity contribution >= 4 is 11.8 Å². The van der Waals surface area contributed by atoms with Crippen LogP contribution < -0.4 is 10.1 Å². The Kier molecular flexibility index (Phi) is 6.44. The van der Waals surface area contributed by atoms with Crippen LogP contribution in [0.5, 0.6) is 5.75 Å². The fourth-order valence-electron chi connectivity index (χ4n) is 2.91. The topological polar surface area (TPSA) is 58.6 Å². The molecule has 0 spiro atoms. The summed E-state index contributed by atoms with van der Waals surface area (Å²) in [7, 11) is 1.64. The zero-order chi connectivity index (χ0) is 16.7. The molecule has 23 heavy (non-hydrogen) atoms. The monoisotopic (exact) mass is 318 g/mol. The first-order valence-electron chi connectivity index (χ1n) is 8.23. The van der Waals surface area contributed by atoms with Crippen molar-refractivity contribution in [1.82, 2.24) is 10.2 Å². The SMILES string of the molecule is COc1ccc(CCC(=O)NC[C@H]2CCCN(C(C)=O)C2)cc1. The number of aryl methyl sites for hydroxylation is 1. The van der Waals surface area contributed by atoms with Crippen molar-refractivity contribution < 1.29 is 14.3 Å². The van der Waals surface area contributed by atoms with Gasteiger partial charge in [0.1, 0.15) is 5.75 Å². The molecule has 1 aromatic rings. The number of carbonyl (C=O) groups is 2. The first kappa shape index (κ1) is 17.3. The molecule has 1 aromatic carbocycles. The van der Waals surface area contributed by atoms with E-state index in [1.807, 2.05) is 29.2 Å². The summed E-state index contributed by atoms with van der Waals surface area (Å²) in [5, 5.41) is 3.00. The van der Waals surface area contributed by atoms with Gasteiger partial charge in [0.05, 0.1) is 7.11 Å². The Hall–Kier alpha value is -2.04. The van der Waals surface area contributed by atoms with Gasteiger partial charge in [-0.2, -0.15) is 0 Å². The zero-order valence-electron chi connectivity index (χ0n) is 14.0. The van der Waals surface area contributed by atoms with Gasteiger partial charge in [-0.25, -0.2) is 0 Å². The molecule has 0 saturated carbocycles. The summed E-state index contributed by atoms with van der Waals surface area (Å²) in [6.45, 7) is 3.87. The molecule has 0 radical (unpaired) electrons. The van der Waals surface area contributed by atoms with Crippen LogP contribution in [0.4, 0.5) is 0 Å². The lowest BCUT2D eigenvalue weighted by atomic mass is 9.98. The molecule has 0 aromatic heterocycles. The lowest BCUT2D eigenvalue weighted by molar-refractivity contribution is -0.130. The maximum Gasteiger partial charge on any atom is 0.220 e. The highest BCUT2D eigenvalue weighted by molar-refractivity contribution is 5.76. The van der Waals surface area contributed by atoms with Gasteiger partial charge in [-0.05, 0) is 42.9 Å². The van der Waals surface area contributed by atoms with Gasteiger partial charge < -0.3 is 15.0 Å². The van der Waals surface area contributed by atoms with Crippen molar-refractivity contribution in [3.05, 3.63) is 29.8 Å². The highest BCUT2D eigenvalue weighted by Crippen LogP contribution is 2.16. The Balaban J connectivity index is 1.69. The lowest BCUT2D eigenvalue weighted by Crippen LogP contribution is -2.42. The third-order valence-corrected chi connectivity index (χ3v) is 4.35. The van der Waals surface area contributed by atoms with Gasteiger partial charge in [-0.3, -0.25) is 9.59 Å². The number of rotatable bonds is 6. The predicted molar refractivity (Wildman–Crippen MR) is 89.3 cm³/mol. The highest BCUT2D eigenvalue weighted by atomic mass is 16.5. The van der Waals surface area contributed by atoms with Crippen LogP contribution in [0.2, 0.25) is 0 Å². The van der Waals surface area contributed by atoms with E-state index in [1.165, 1.54) is 0 Å². The standard InChI is InChI=1S/C18H26N2O3/c1-14(21)20-11-3-4-16(13-20)12-19-18(22)10-7-15-5-8-17(23-2)9-6-15/h5-6,8-9,16H,3-4,7,10-13H2,1-2H3,(H,19,22)/t16-/m1/s1. The number of nitrogens with one attached hydrogen (secondary N) is 1. The molecule has 5 nitrogen and oxygen atoms in total. The van der Waals surface area contributed by atoms with Crippen molar-refractivity contribution in [3.8, 4) is 5.75 Å². The molecule has 1 heterocycles. The maximum absolute atomic E-state index is 12.0. The molecular formula is C18H26N2O3. The Morgan fingerprint density at radius 1 is 1.30 bits per heavy atom. The predicted octanol–water partition coefficient (Wildman–Crippen LogP) is 2.00. The lowest BCUT2D eigenvalue weighted by Gasteiger charge is -2.32. The normalized spacial score (nSPS) is 17.7. The Morgan fingerprint density at radius 3 is 2.70 bits per heavy atom. The molecule has 0 aliphatic carbocycles. The largest absolute Gasteiger partial charge is 0.497 e. The molecule has 1 saturated heterocycles. The van der Waals surface area contributed by atoms with Crippen molar-refractivity contribution in [3.63, 3.8) is 0 Å². The van der Waals surface area contributed by atoms with Crippen LogP contribution >= 0.6 is 0 Å². The number of ether oxygens (including phenoxy) is 1. The fourth-order valence-corrected chi connectivity index (χ4v) is 2.91. The van der Waals surface area contributed by atoms with Crippen LogP contribution in [0.25, 0.3) is 0 Å². The van der Waals surface area contributed by atoms with E-state index in [0.717, 1.165) is 43.7 Å². The minimum atomic E-state index is 0.0702. The molecule has 1 atom stereocenters. The fraction of sp³-hybridized carbons (Fsp3) is 0.556. The summed E-state index contributed by atoms with van der Waals surface area (Å²) in [6, 6.07) is 7.78. The van der Waals surface area contributed by atoms with Crippen molar-refractivity contribution in [2.45, 2.75) is 32.6 Å². The van der Waals surface area contributed by atoms with Crippen molar-refractivity contribution in [1.29, 1.82) is 0 Å². The van der Waals surface area contributed by atoms with Crippen LogP contribution in [0.15, 0.2) is 24.3 Å². The summed E-state index contributed by atoms with van der Waals surface area (Å²) in [5.41, 5.74) is 1.13. The molecule has 5 heteroatoms. The van der Waals surface area contributed by atoms with Gasteiger partial charge in [0.25, 0.3) is 0 Å². The molecule has 1 fully saturated rings. The number of hydrogen-bond acceptors (Lipinski definition) is 3. The number of methoxy groups -OCH3 is 1. The first-order chi connectivity index (χ1) is 11.1. The summed E-state index contributed by atoms with van der Waals surface area (Å²) in [4.78, 5) is 25.3. The molecule has 2 amide bonds. The van der Waals surface area contributed by atoms with E-state index in [1.54, 1.807) is 14.0 Å². The number of benzene rings is 1. The van der Waals surface area contributed by atoms with Gasteiger partial charge in [0, 0.05) is 33.0 Å². The molecule has 0 unspecified atom stereocenters. The number of likely N-dealkylation sites (tertiary alicyclic amines) is 1. The van der Waals surface area contributed by atoms with E-state index >= 15 is 0 Å². The molecule has 2 rings (SSSR count). The smallest absolute Gasteiger partial charge is 0.220 e. The number of carbonyl (C=O) groups excluding carboxylic acids is 2. The molecular weight excluding hydrogens is 292 g/mol. The zero-order valence-corrected chi connectivity index (χ0v) is 14.0. The number of hydrogen-bond donors (Lipinski definition) is 1. The van der Waals surface area contributed by atoms with Gasteiger partial charge in [-0.15, -0.1) is 0 Å². The van der Waals surface area contributed by atoms with Crippen LogP contribution in [-0.4, -0.2) is 43.5 Å². The summed E-state index contributed by atoms with van der Waals surface area (Å²) < 4.78 is 5.12. The van der Waals surface area contributed by atoms with Crippen LogP contribution in [0, 0.1) is 5.92 Å². The van der Waals surface area contributed by atoms with E-state index in [9.17, 15) is 9.59 Å². The highest BCUT2D eigenvalue weighted by Gasteiger charge is 2.21. The quantitative estimate of drug-likeness (QED) is 0.873. The third kappa shape index (κ3) is 5.58. The van der Waals surface area contributed by atoms with E-state index in [4.69, 9.17) is 4.74 Å². The summed E-state index contributed by atoms with van der Waals surface area (Å²) in [5.74, 6) is 1.39. The van der Waals surface area contributed by atoms with Gasteiger partial charge in [0.15, 0.2) is 0 Å². The van der Waals surface area contributed by atoms with E-state index in [0.29, 0.717) is 18.9 Å². The summed E-state index contributed by atoms with van der Waals surface area (Å²) in [6.07, 6.45) is 3.30. The number of nitrogens with zero attached hydrogens (tertiary/aromatic N) is 1. The third-order valence-electron chi connectivity index (χ3n) is 4.35. The first-order valence-corrected chi connectivity index (χ1v) is 8.23. The maximum atomic E-state index is 12.0. The van der Waals surface area contributed by atoms with Crippen LogP contribution in [0.1, 0.15) is 31.7 Å². The van der Waals surface area contributed by atoms with E-state index in [-0.39, 0.29) is 11.8 Å². The van der Waals surface area contributed by atoms with E-state index < -0.39 is 0 Å². The second-order valence-electron chi connectivity index (χ2n) is 6.13. The second kappa shape index (κ2) is 8.56. The van der Waals surface area contributed by atoms with Crippen molar-refractivity contribution in [2.24, 2.45) is 5.92 Å². The average Bonchev–Trinajstić information content (AvgIpc) is 2.58. The molecule has 126 valence electrons. The van der Waals surface area contributed by atoms with Crippen LogP contribution in [-0.2, 0) is 16.0 Å². The Morgan fingerprint density at radius 2 is 2.04 bits per heavy atom. The molecule has 0 bridgehead atoms. The average molecular weight is 318 g/mol. The van der Waals surface area contributed by atoms with E-state index in [2.05, 4.69) is 5.32 Å². The van der Waals surface area contributed by atoms with Crippen LogP contribution in [0.3, 0.4) is 0 Å². The minimum Gasteiger partial charge on any atom is -0.497 e. The van der Waals surface area contributed by atoms with Gasteiger partial charge in [-0.1, -0.05) is 12.1 Å². The Labute approximate surface area is 138 Å². The molecule has 1 aliphatic heterocycles. The minimum absolute atomic E-state index is 0.0702. The summed E-state index contributed by atoms with van der Waals surface area (Å²) >= 11 is 0. The number of amides is 2. The molecule has 1 aliphatic rings. The van der Waals surface area contributed by atoms with Gasteiger partial charge in [0.2, 0.25) is 11.8 Å². The Bertz CT molecular complexity index is 528. The second-order valence-corrected chi connectivity index (χ2v) is 6.13.